The number of pyridine rings is 1. The third kappa shape index (κ3) is 6.11. The molecule has 0 saturated carbocycles. The first-order valence-corrected chi connectivity index (χ1v) is 9.23. The summed E-state index contributed by atoms with van der Waals surface area (Å²) in [4.78, 5) is 11.3. The zero-order valence-corrected chi connectivity index (χ0v) is 18.1. The molecule has 0 aromatic carbocycles. The van der Waals surface area contributed by atoms with E-state index in [2.05, 4.69) is 32.4 Å². The number of hydrogen-bond donors (Lipinski definition) is 2. The lowest BCUT2D eigenvalue weighted by molar-refractivity contribution is -0.0832. The van der Waals surface area contributed by atoms with Crippen LogP contribution in [0.25, 0.3) is 0 Å². The van der Waals surface area contributed by atoms with Crippen molar-refractivity contribution in [3.63, 3.8) is 0 Å². The van der Waals surface area contributed by atoms with E-state index in [0.29, 0.717) is 37.4 Å². The molecule has 146 valence electrons. The Morgan fingerprint density at radius 2 is 2.35 bits per heavy atom. The van der Waals surface area contributed by atoms with E-state index >= 15 is 0 Å². The number of ether oxygens (including phenoxy) is 2. The van der Waals surface area contributed by atoms with Crippen molar-refractivity contribution in [2.24, 2.45) is 4.99 Å². The van der Waals surface area contributed by atoms with Crippen LogP contribution in [0.2, 0.25) is 5.02 Å². The van der Waals surface area contributed by atoms with Gasteiger partial charge >= 0.3 is 0 Å². The van der Waals surface area contributed by atoms with Crippen LogP contribution in [0.1, 0.15) is 13.3 Å². The molecule has 3 heterocycles. The van der Waals surface area contributed by atoms with Crippen molar-refractivity contribution in [1.82, 2.24) is 15.6 Å². The highest BCUT2D eigenvalue weighted by atomic mass is 127. The first-order chi connectivity index (χ1) is 12.3. The van der Waals surface area contributed by atoms with E-state index in [1.807, 2.05) is 12.1 Å². The Kier molecular flexibility index (Phi) is 9.17. The van der Waals surface area contributed by atoms with Gasteiger partial charge in [-0.3, -0.25) is 4.99 Å². The van der Waals surface area contributed by atoms with Gasteiger partial charge in [-0.05, 0) is 25.5 Å². The molecular weight excluding hydrogens is 469 g/mol. The summed E-state index contributed by atoms with van der Waals surface area (Å²) in [6, 6.07) is 4.03. The predicted molar refractivity (Wildman–Crippen MR) is 115 cm³/mol. The minimum absolute atomic E-state index is 0. The summed E-state index contributed by atoms with van der Waals surface area (Å²) < 4.78 is 11.1. The molecule has 7 nitrogen and oxygen atoms in total. The van der Waals surface area contributed by atoms with Gasteiger partial charge in [-0.25, -0.2) is 4.98 Å². The highest BCUT2D eigenvalue weighted by Gasteiger charge is 2.25. The maximum atomic E-state index is 6.26. The summed E-state index contributed by atoms with van der Waals surface area (Å²) in [7, 11) is 0. The number of nitrogens with zero attached hydrogens (tertiary/aromatic N) is 3. The van der Waals surface area contributed by atoms with Crippen LogP contribution in [-0.4, -0.2) is 69.1 Å². The van der Waals surface area contributed by atoms with Crippen LogP contribution >= 0.6 is 35.6 Å². The van der Waals surface area contributed by atoms with Crippen molar-refractivity contribution in [2.75, 3.05) is 50.9 Å². The lowest BCUT2D eigenvalue weighted by Crippen LogP contribution is -2.45. The Balaban J connectivity index is 0.00000243. The van der Waals surface area contributed by atoms with Crippen LogP contribution in [0.5, 0.6) is 0 Å². The third-order valence-electron chi connectivity index (χ3n) is 4.25. The molecule has 9 heteroatoms. The number of nitrogens with one attached hydrogen (secondary N) is 2. The number of halogens is 2. The molecule has 2 aliphatic heterocycles. The van der Waals surface area contributed by atoms with Crippen molar-refractivity contribution in [3.05, 3.63) is 23.4 Å². The molecule has 2 aliphatic rings. The molecule has 0 bridgehead atoms. The first kappa shape index (κ1) is 21.5. The molecule has 1 aromatic heterocycles. The lowest BCUT2D eigenvalue weighted by Gasteiger charge is -2.23. The van der Waals surface area contributed by atoms with Crippen molar-refractivity contribution in [1.29, 1.82) is 0 Å². The average molecular weight is 496 g/mol. The number of aliphatic imine (C=N–C) groups is 1. The van der Waals surface area contributed by atoms with Gasteiger partial charge in [-0.15, -0.1) is 24.0 Å². The van der Waals surface area contributed by atoms with Crippen LogP contribution in [0.3, 0.4) is 0 Å². The number of aromatic nitrogens is 1. The Morgan fingerprint density at radius 1 is 1.46 bits per heavy atom. The molecule has 2 unspecified atom stereocenters. The number of guanidine groups is 1. The summed E-state index contributed by atoms with van der Waals surface area (Å²) >= 11 is 6.26. The Hall–Kier alpha value is -0.840. The molecule has 0 radical (unpaired) electrons. The fourth-order valence-electron chi connectivity index (χ4n) is 3.03. The van der Waals surface area contributed by atoms with Gasteiger partial charge in [0, 0.05) is 31.9 Å². The van der Waals surface area contributed by atoms with Gasteiger partial charge in [0.25, 0.3) is 0 Å². The van der Waals surface area contributed by atoms with E-state index in [0.717, 1.165) is 37.8 Å². The van der Waals surface area contributed by atoms with E-state index in [1.54, 1.807) is 6.20 Å². The average Bonchev–Trinajstić information content (AvgIpc) is 3.09. The number of hydrogen-bond acceptors (Lipinski definition) is 5. The minimum Gasteiger partial charge on any atom is -0.376 e. The summed E-state index contributed by atoms with van der Waals surface area (Å²) in [5.74, 6) is 1.67. The molecule has 0 amide bonds. The smallest absolute Gasteiger partial charge is 0.191 e. The molecule has 0 aliphatic carbocycles. The standard InChI is InChI=1S/C17H26ClN5O2.HI/c1-2-19-17(21-10-14-12-24-8-9-25-14)22-13-5-7-23(11-13)16-15(18)4-3-6-20-16;/h3-4,6,13-14H,2,5,7-12H2,1H3,(H2,19,21,22);1H. The van der Waals surface area contributed by atoms with Gasteiger partial charge in [0.05, 0.1) is 31.4 Å². The molecule has 2 fully saturated rings. The van der Waals surface area contributed by atoms with Crippen LogP contribution in [0.4, 0.5) is 5.82 Å². The van der Waals surface area contributed by atoms with E-state index in [4.69, 9.17) is 21.1 Å². The zero-order valence-electron chi connectivity index (χ0n) is 15.0. The van der Waals surface area contributed by atoms with Gasteiger partial charge in [-0.1, -0.05) is 11.6 Å². The van der Waals surface area contributed by atoms with Gasteiger partial charge in [-0.2, -0.15) is 0 Å². The second-order valence-corrected chi connectivity index (χ2v) is 6.58. The van der Waals surface area contributed by atoms with Gasteiger partial charge < -0.3 is 25.0 Å². The zero-order chi connectivity index (χ0) is 17.5. The van der Waals surface area contributed by atoms with E-state index < -0.39 is 0 Å². The van der Waals surface area contributed by atoms with Crippen molar-refractivity contribution < 1.29 is 9.47 Å². The maximum Gasteiger partial charge on any atom is 0.191 e. The molecule has 2 atom stereocenters. The molecule has 0 spiro atoms. The maximum absolute atomic E-state index is 6.26. The summed E-state index contributed by atoms with van der Waals surface area (Å²) in [6.07, 6.45) is 2.83. The molecular formula is C17H27ClIN5O2. The van der Waals surface area contributed by atoms with Gasteiger partial charge in [0.1, 0.15) is 11.9 Å². The summed E-state index contributed by atoms with van der Waals surface area (Å²) in [5, 5.41) is 7.50. The highest BCUT2D eigenvalue weighted by Crippen LogP contribution is 2.25. The third-order valence-corrected chi connectivity index (χ3v) is 4.54. The quantitative estimate of drug-likeness (QED) is 0.369. The van der Waals surface area contributed by atoms with Crippen molar-refractivity contribution >= 4 is 47.4 Å². The van der Waals surface area contributed by atoms with Crippen molar-refractivity contribution in [3.8, 4) is 0 Å². The van der Waals surface area contributed by atoms with Gasteiger partial charge in [0.15, 0.2) is 5.96 Å². The molecule has 1 aromatic rings. The van der Waals surface area contributed by atoms with Crippen LogP contribution in [-0.2, 0) is 9.47 Å². The van der Waals surface area contributed by atoms with E-state index in [-0.39, 0.29) is 30.1 Å². The molecule has 2 saturated heterocycles. The Morgan fingerprint density at radius 3 is 3.08 bits per heavy atom. The number of rotatable bonds is 5. The summed E-state index contributed by atoms with van der Waals surface area (Å²) in [6.45, 7) is 7.18. The summed E-state index contributed by atoms with van der Waals surface area (Å²) in [5.41, 5.74) is 0. The first-order valence-electron chi connectivity index (χ1n) is 8.86. The number of anilines is 1. The highest BCUT2D eigenvalue weighted by molar-refractivity contribution is 14.0. The van der Waals surface area contributed by atoms with Gasteiger partial charge in [0.2, 0.25) is 0 Å². The molecule has 3 rings (SSSR count). The molecule has 26 heavy (non-hydrogen) atoms. The largest absolute Gasteiger partial charge is 0.376 e. The van der Waals surface area contributed by atoms with Crippen molar-refractivity contribution in [2.45, 2.75) is 25.5 Å². The minimum atomic E-state index is 0. The Bertz CT molecular complexity index is 586. The van der Waals surface area contributed by atoms with Crippen LogP contribution in [0, 0.1) is 0 Å². The second-order valence-electron chi connectivity index (χ2n) is 6.17. The van der Waals surface area contributed by atoms with E-state index in [9.17, 15) is 0 Å². The SMILES string of the molecule is CCNC(=NCC1COCCO1)NC1CCN(c2ncccc2Cl)C1.I. The van der Waals surface area contributed by atoms with Crippen LogP contribution < -0.4 is 15.5 Å². The van der Waals surface area contributed by atoms with E-state index in [1.165, 1.54) is 0 Å². The topological polar surface area (TPSA) is 71.0 Å². The molecule has 2 N–H and O–H groups in total. The monoisotopic (exact) mass is 495 g/mol. The Labute approximate surface area is 176 Å². The van der Waals surface area contributed by atoms with Crippen LogP contribution in [0.15, 0.2) is 23.3 Å². The fourth-order valence-corrected chi connectivity index (χ4v) is 3.27. The lowest BCUT2D eigenvalue weighted by atomic mass is 10.3. The predicted octanol–water partition coefficient (Wildman–Crippen LogP) is 1.90. The normalized spacial score (nSPS) is 23.5. The second kappa shape index (κ2) is 11.1. The fraction of sp³-hybridized carbons (Fsp3) is 0.647.